The maximum absolute atomic E-state index is 12.8. The van der Waals surface area contributed by atoms with E-state index < -0.39 is 17.7 Å². The van der Waals surface area contributed by atoms with Gasteiger partial charge in [-0.2, -0.15) is 0 Å². The van der Waals surface area contributed by atoms with E-state index in [0.29, 0.717) is 5.56 Å². The molecule has 5 heteroatoms. The lowest BCUT2D eigenvalue weighted by Crippen LogP contribution is -2.40. The molecule has 0 aromatic heterocycles. The van der Waals surface area contributed by atoms with Crippen LogP contribution in [0.5, 0.6) is 0 Å². The van der Waals surface area contributed by atoms with Gasteiger partial charge in [0, 0.05) is 19.7 Å². The zero-order valence-corrected chi connectivity index (χ0v) is 9.18. The highest BCUT2D eigenvalue weighted by Gasteiger charge is 2.10. The predicted octanol–water partition coefficient (Wildman–Crippen LogP) is 1.19. The Balaban J connectivity index is 2.57. The van der Waals surface area contributed by atoms with Gasteiger partial charge >= 0.3 is 0 Å². The molecule has 1 atom stereocenters. The van der Waals surface area contributed by atoms with E-state index in [1.807, 2.05) is 0 Å². The molecule has 88 valence electrons. The standard InChI is InChI=1S/C11H14F2N2O/c1-7(11(16)14-2)15-6-8-3-9(12)5-10(13)4-8/h3-5,7,15H,6H2,1-2H3,(H,14,16). The van der Waals surface area contributed by atoms with Crippen LogP contribution in [0.1, 0.15) is 12.5 Å². The fraction of sp³-hybridized carbons (Fsp3) is 0.364. The van der Waals surface area contributed by atoms with Crippen LogP contribution in [-0.4, -0.2) is 19.0 Å². The van der Waals surface area contributed by atoms with Crippen molar-refractivity contribution in [2.75, 3.05) is 7.05 Å². The highest BCUT2D eigenvalue weighted by Crippen LogP contribution is 2.07. The van der Waals surface area contributed by atoms with Crippen LogP contribution in [0.4, 0.5) is 8.78 Å². The number of rotatable bonds is 4. The highest BCUT2D eigenvalue weighted by molar-refractivity contribution is 5.80. The first-order chi connectivity index (χ1) is 7.52. The van der Waals surface area contributed by atoms with Crippen molar-refractivity contribution in [2.45, 2.75) is 19.5 Å². The Morgan fingerprint density at radius 1 is 1.31 bits per heavy atom. The first-order valence-corrected chi connectivity index (χ1v) is 4.93. The topological polar surface area (TPSA) is 41.1 Å². The van der Waals surface area contributed by atoms with E-state index in [1.165, 1.54) is 19.2 Å². The summed E-state index contributed by atoms with van der Waals surface area (Å²) in [5.41, 5.74) is 0.466. The zero-order chi connectivity index (χ0) is 12.1. The molecule has 1 rings (SSSR count). The lowest BCUT2D eigenvalue weighted by molar-refractivity contribution is -0.122. The SMILES string of the molecule is CNC(=O)C(C)NCc1cc(F)cc(F)c1. The smallest absolute Gasteiger partial charge is 0.236 e. The summed E-state index contributed by atoms with van der Waals surface area (Å²) >= 11 is 0. The second kappa shape index (κ2) is 5.55. The van der Waals surface area contributed by atoms with Gasteiger partial charge in [-0.15, -0.1) is 0 Å². The van der Waals surface area contributed by atoms with Crippen LogP contribution in [0.3, 0.4) is 0 Å². The molecule has 0 saturated carbocycles. The van der Waals surface area contributed by atoms with E-state index in [0.717, 1.165) is 6.07 Å². The quantitative estimate of drug-likeness (QED) is 0.812. The Labute approximate surface area is 92.8 Å². The van der Waals surface area contributed by atoms with Crippen molar-refractivity contribution in [3.8, 4) is 0 Å². The molecular formula is C11H14F2N2O. The zero-order valence-electron chi connectivity index (χ0n) is 9.18. The molecule has 0 bridgehead atoms. The van der Waals surface area contributed by atoms with Gasteiger partial charge < -0.3 is 10.6 Å². The molecule has 0 heterocycles. The molecule has 0 spiro atoms. The van der Waals surface area contributed by atoms with E-state index in [2.05, 4.69) is 10.6 Å². The minimum Gasteiger partial charge on any atom is -0.358 e. The third-order valence-electron chi connectivity index (χ3n) is 2.17. The molecule has 2 N–H and O–H groups in total. The largest absolute Gasteiger partial charge is 0.358 e. The lowest BCUT2D eigenvalue weighted by atomic mass is 10.2. The number of likely N-dealkylation sites (N-methyl/N-ethyl adjacent to an activating group) is 1. The molecule has 1 aromatic rings. The number of carbonyl (C=O) groups excluding carboxylic acids is 1. The van der Waals surface area contributed by atoms with Gasteiger partial charge in [0.25, 0.3) is 0 Å². The Bertz CT molecular complexity index is 362. The van der Waals surface area contributed by atoms with Gasteiger partial charge in [0.05, 0.1) is 6.04 Å². The number of carbonyl (C=O) groups is 1. The van der Waals surface area contributed by atoms with Gasteiger partial charge in [-0.3, -0.25) is 4.79 Å². The third kappa shape index (κ3) is 3.58. The Hall–Kier alpha value is -1.49. The maximum atomic E-state index is 12.8. The number of nitrogens with one attached hydrogen (secondary N) is 2. The molecular weight excluding hydrogens is 214 g/mol. The van der Waals surface area contributed by atoms with Crippen molar-refractivity contribution in [1.82, 2.24) is 10.6 Å². The molecule has 1 unspecified atom stereocenters. The number of hydrogen-bond acceptors (Lipinski definition) is 2. The Morgan fingerprint density at radius 3 is 2.38 bits per heavy atom. The Morgan fingerprint density at radius 2 is 1.88 bits per heavy atom. The van der Waals surface area contributed by atoms with Crippen LogP contribution >= 0.6 is 0 Å². The fourth-order valence-corrected chi connectivity index (χ4v) is 1.29. The van der Waals surface area contributed by atoms with Crippen molar-refractivity contribution in [1.29, 1.82) is 0 Å². The molecule has 0 radical (unpaired) electrons. The summed E-state index contributed by atoms with van der Waals surface area (Å²) in [5.74, 6) is -1.41. The average molecular weight is 228 g/mol. The minimum absolute atomic E-state index is 0.170. The molecule has 0 aliphatic heterocycles. The maximum Gasteiger partial charge on any atom is 0.236 e. The first kappa shape index (κ1) is 12.6. The van der Waals surface area contributed by atoms with Crippen molar-refractivity contribution in [3.05, 3.63) is 35.4 Å². The summed E-state index contributed by atoms with van der Waals surface area (Å²) in [7, 11) is 1.53. The normalized spacial score (nSPS) is 12.2. The molecule has 1 aromatic carbocycles. The molecule has 1 amide bonds. The molecule has 0 aliphatic rings. The summed E-state index contributed by atoms with van der Waals surface area (Å²) in [5, 5.41) is 5.33. The Kier molecular flexibility index (Phi) is 4.37. The molecule has 16 heavy (non-hydrogen) atoms. The van der Waals surface area contributed by atoms with Crippen LogP contribution in [0.25, 0.3) is 0 Å². The van der Waals surface area contributed by atoms with Gasteiger partial charge in [0.15, 0.2) is 0 Å². The summed E-state index contributed by atoms with van der Waals surface area (Å²) in [6.07, 6.45) is 0. The second-order valence-electron chi connectivity index (χ2n) is 3.49. The molecule has 0 aliphatic carbocycles. The van der Waals surface area contributed by atoms with Gasteiger partial charge in [0.2, 0.25) is 5.91 Å². The minimum atomic E-state index is -0.621. The second-order valence-corrected chi connectivity index (χ2v) is 3.49. The molecule has 0 fully saturated rings. The third-order valence-corrected chi connectivity index (χ3v) is 2.17. The van der Waals surface area contributed by atoms with E-state index in [4.69, 9.17) is 0 Å². The van der Waals surface area contributed by atoms with Crippen LogP contribution in [0, 0.1) is 11.6 Å². The molecule has 0 saturated heterocycles. The van der Waals surface area contributed by atoms with Gasteiger partial charge in [-0.25, -0.2) is 8.78 Å². The molecule has 3 nitrogen and oxygen atoms in total. The average Bonchev–Trinajstić information content (AvgIpc) is 2.23. The summed E-state index contributed by atoms with van der Waals surface area (Å²) < 4.78 is 25.7. The first-order valence-electron chi connectivity index (χ1n) is 4.93. The van der Waals surface area contributed by atoms with Crippen molar-refractivity contribution in [2.24, 2.45) is 0 Å². The van der Waals surface area contributed by atoms with Gasteiger partial charge in [0.1, 0.15) is 11.6 Å². The predicted molar refractivity (Wildman–Crippen MR) is 56.7 cm³/mol. The number of benzene rings is 1. The highest BCUT2D eigenvalue weighted by atomic mass is 19.1. The monoisotopic (exact) mass is 228 g/mol. The van der Waals surface area contributed by atoms with Gasteiger partial charge in [-0.05, 0) is 24.6 Å². The van der Waals surface area contributed by atoms with Crippen molar-refractivity contribution in [3.63, 3.8) is 0 Å². The van der Waals surface area contributed by atoms with E-state index >= 15 is 0 Å². The van der Waals surface area contributed by atoms with Crippen molar-refractivity contribution < 1.29 is 13.6 Å². The lowest BCUT2D eigenvalue weighted by Gasteiger charge is -2.12. The number of halogens is 2. The van der Waals surface area contributed by atoms with Gasteiger partial charge in [-0.1, -0.05) is 0 Å². The van der Waals surface area contributed by atoms with Crippen LogP contribution in [-0.2, 0) is 11.3 Å². The summed E-state index contributed by atoms with van der Waals surface area (Å²) in [6.45, 7) is 1.91. The van der Waals surface area contributed by atoms with E-state index in [-0.39, 0.29) is 12.5 Å². The summed E-state index contributed by atoms with van der Waals surface area (Å²) in [6, 6.07) is 2.86. The summed E-state index contributed by atoms with van der Waals surface area (Å²) in [4.78, 5) is 11.1. The fourth-order valence-electron chi connectivity index (χ4n) is 1.29. The van der Waals surface area contributed by atoms with Crippen LogP contribution in [0.2, 0.25) is 0 Å². The number of amides is 1. The van der Waals surface area contributed by atoms with Crippen LogP contribution in [0.15, 0.2) is 18.2 Å². The van der Waals surface area contributed by atoms with E-state index in [1.54, 1.807) is 6.92 Å². The van der Waals surface area contributed by atoms with Crippen molar-refractivity contribution >= 4 is 5.91 Å². The number of hydrogen-bond donors (Lipinski definition) is 2. The van der Waals surface area contributed by atoms with E-state index in [9.17, 15) is 13.6 Å². The van der Waals surface area contributed by atoms with Crippen LogP contribution < -0.4 is 10.6 Å².